The summed E-state index contributed by atoms with van der Waals surface area (Å²) in [5, 5.41) is 15.9. The third kappa shape index (κ3) is 3.52. The number of benzene rings is 1. The van der Waals surface area contributed by atoms with Gasteiger partial charge in [0, 0.05) is 24.6 Å². The van der Waals surface area contributed by atoms with Gasteiger partial charge in [0.2, 0.25) is 11.6 Å². The van der Waals surface area contributed by atoms with Gasteiger partial charge in [-0.05, 0) is 23.9 Å². The van der Waals surface area contributed by atoms with E-state index in [-0.39, 0.29) is 18.5 Å². The summed E-state index contributed by atoms with van der Waals surface area (Å²) in [5.74, 6) is -0.377. The molecule has 0 bridgehead atoms. The summed E-state index contributed by atoms with van der Waals surface area (Å²) >= 11 is 0. The number of para-hydroxylation sites is 1. The molecule has 2 aromatic rings. The van der Waals surface area contributed by atoms with Crippen LogP contribution in [0.3, 0.4) is 0 Å². The summed E-state index contributed by atoms with van der Waals surface area (Å²) in [6, 6.07) is 9.59. The van der Waals surface area contributed by atoms with Crippen molar-refractivity contribution in [1.82, 2.24) is 10.2 Å². The van der Waals surface area contributed by atoms with Gasteiger partial charge in [-0.2, -0.15) is 0 Å². The Labute approximate surface area is 135 Å². The van der Waals surface area contributed by atoms with Gasteiger partial charge in [-0.25, -0.2) is 0 Å². The average molecular weight is 315 g/mol. The van der Waals surface area contributed by atoms with Crippen molar-refractivity contribution in [3.63, 3.8) is 0 Å². The summed E-state index contributed by atoms with van der Waals surface area (Å²) in [4.78, 5) is 14.2. The lowest BCUT2D eigenvalue weighted by Gasteiger charge is -2.20. The molecule has 0 aliphatic heterocycles. The van der Waals surface area contributed by atoms with Crippen molar-refractivity contribution in [1.29, 1.82) is 0 Å². The first-order valence-corrected chi connectivity index (χ1v) is 8.13. The second-order valence-corrected chi connectivity index (χ2v) is 5.91. The summed E-state index contributed by atoms with van der Waals surface area (Å²) in [6.07, 6.45) is 4.38. The van der Waals surface area contributed by atoms with Gasteiger partial charge in [0.15, 0.2) is 5.95 Å². The van der Waals surface area contributed by atoms with E-state index < -0.39 is 5.95 Å². The summed E-state index contributed by atoms with van der Waals surface area (Å²) in [7, 11) is 0. The van der Waals surface area contributed by atoms with Crippen LogP contribution in [0.1, 0.15) is 44.7 Å². The fourth-order valence-electron chi connectivity index (χ4n) is 2.61. The first-order valence-electron chi connectivity index (χ1n) is 8.13. The zero-order chi connectivity index (χ0) is 16.2. The van der Waals surface area contributed by atoms with E-state index >= 15 is 0 Å². The molecule has 1 amide bonds. The normalized spacial score (nSPS) is 14.0. The molecule has 0 spiro atoms. The number of unbranched alkanes of at least 4 members (excludes halogenated alkanes) is 1. The van der Waals surface area contributed by atoms with Crippen molar-refractivity contribution in [3.8, 4) is 11.6 Å². The summed E-state index contributed by atoms with van der Waals surface area (Å²) in [5.41, 5.74) is 1.15. The molecule has 6 heteroatoms. The molecular formula is C17H21N3O3. The van der Waals surface area contributed by atoms with Crippen LogP contribution in [0, 0.1) is 0 Å². The van der Waals surface area contributed by atoms with Gasteiger partial charge in [0.1, 0.15) is 6.54 Å². The quantitative estimate of drug-likeness (QED) is 0.729. The maximum atomic E-state index is 12.4. The molecule has 6 nitrogen and oxygen atoms in total. The molecule has 0 saturated heterocycles. The van der Waals surface area contributed by atoms with Gasteiger partial charge >= 0.3 is 0 Å². The van der Waals surface area contributed by atoms with Crippen LogP contribution in [0.4, 0.5) is 0 Å². The Bertz CT molecular complexity index is 665. The second-order valence-electron chi connectivity index (χ2n) is 5.91. The molecule has 23 heavy (non-hydrogen) atoms. The van der Waals surface area contributed by atoms with E-state index in [9.17, 15) is 9.90 Å². The van der Waals surface area contributed by atoms with Gasteiger partial charge in [0.25, 0.3) is 5.69 Å². The second kappa shape index (κ2) is 6.81. The molecule has 1 aliphatic carbocycles. The summed E-state index contributed by atoms with van der Waals surface area (Å²) < 4.78 is 6.32. The molecule has 1 aliphatic rings. The van der Waals surface area contributed by atoms with Gasteiger partial charge in [-0.1, -0.05) is 31.5 Å². The Hall–Kier alpha value is -2.37. The van der Waals surface area contributed by atoms with E-state index in [1.807, 2.05) is 35.2 Å². The molecule has 122 valence electrons. The number of aromatic nitrogens is 2. The first kappa shape index (κ1) is 15.5. The molecule has 0 atom stereocenters. The lowest BCUT2D eigenvalue weighted by Crippen LogP contribution is -2.42. The van der Waals surface area contributed by atoms with Crippen molar-refractivity contribution in [2.24, 2.45) is 0 Å². The number of hydrogen-bond donors (Lipinski definition) is 0. The lowest BCUT2D eigenvalue weighted by molar-refractivity contribution is -0.678. The van der Waals surface area contributed by atoms with Crippen molar-refractivity contribution in [2.45, 2.75) is 51.6 Å². The molecule has 1 saturated carbocycles. The van der Waals surface area contributed by atoms with E-state index in [4.69, 9.17) is 4.52 Å². The van der Waals surface area contributed by atoms with Crippen molar-refractivity contribution in [2.75, 3.05) is 0 Å². The highest BCUT2D eigenvalue weighted by molar-refractivity contribution is 5.76. The largest absolute Gasteiger partial charge is 0.539 e. The number of carbonyl (C=O) groups is 1. The van der Waals surface area contributed by atoms with Crippen LogP contribution < -0.4 is 9.79 Å². The summed E-state index contributed by atoms with van der Waals surface area (Å²) in [6.45, 7) is 2.32. The third-order valence-electron chi connectivity index (χ3n) is 4.07. The minimum absolute atomic E-state index is 0.106. The average Bonchev–Trinajstić information content (AvgIpc) is 3.35. The van der Waals surface area contributed by atoms with E-state index in [0.29, 0.717) is 12.1 Å². The number of rotatable bonds is 7. The van der Waals surface area contributed by atoms with Gasteiger partial charge in [-0.3, -0.25) is 4.79 Å². The molecule has 1 aromatic heterocycles. The fourth-order valence-corrected chi connectivity index (χ4v) is 2.61. The number of nitrogens with zero attached hydrogens (tertiary/aromatic N) is 3. The predicted molar refractivity (Wildman–Crippen MR) is 80.6 cm³/mol. The minimum atomic E-state index is -0.484. The van der Waals surface area contributed by atoms with E-state index in [2.05, 4.69) is 12.2 Å². The monoisotopic (exact) mass is 315 g/mol. The first-order chi connectivity index (χ1) is 11.2. The molecule has 0 radical (unpaired) electrons. The van der Waals surface area contributed by atoms with Crippen LogP contribution in [0.15, 0.2) is 34.9 Å². The number of hydrogen-bond acceptors (Lipinski definition) is 4. The Morgan fingerprint density at radius 3 is 2.78 bits per heavy atom. The molecule has 1 fully saturated rings. The van der Waals surface area contributed by atoms with E-state index in [0.717, 1.165) is 31.4 Å². The Morgan fingerprint density at radius 2 is 2.13 bits per heavy atom. The SMILES string of the molecule is CCCCC(=O)N(Cc1c([O-])on[n+]1-c1ccccc1)C1CC1. The Kier molecular flexibility index (Phi) is 4.60. The molecular weight excluding hydrogens is 294 g/mol. The fraction of sp³-hybridized carbons (Fsp3) is 0.471. The third-order valence-corrected chi connectivity index (χ3v) is 4.07. The smallest absolute Gasteiger partial charge is 0.259 e. The van der Waals surface area contributed by atoms with Crippen molar-refractivity contribution in [3.05, 3.63) is 36.0 Å². The molecule has 1 aromatic carbocycles. The van der Waals surface area contributed by atoms with Crippen LogP contribution in [-0.4, -0.2) is 22.1 Å². The highest BCUT2D eigenvalue weighted by Crippen LogP contribution is 2.30. The van der Waals surface area contributed by atoms with Gasteiger partial charge < -0.3 is 14.5 Å². The Morgan fingerprint density at radius 1 is 1.39 bits per heavy atom. The van der Waals surface area contributed by atoms with Crippen molar-refractivity contribution < 1.29 is 19.1 Å². The van der Waals surface area contributed by atoms with Crippen LogP contribution in [0.2, 0.25) is 0 Å². The highest BCUT2D eigenvalue weighted by atomic mass is 16.6. The Balaban J connectivity index is 1.83. The topological polar surface area (TPSA) is 73.3 Å². The van der Waals surface area contributed by atoms with Gasteiger partial charge in [-0.15, -0.1) is 0 Å². The lowest BCUT2D eigenvalue weighted by atomic mass is 10.2. The maximum absolute atomic E-state index is 12.4. The predicted octanol–water partition coefficient (Wildman–Crippen LogP) is 1.71. The minimum Gasteiger partial charge on any atom is -0.539 e. The zero-order valence-corrected chi connectivity index (χ0v) is 13.3. The molecule has 0 N–H and O–H groups in total. The molecule has 1 heterocycles. The van der Waals surface area contributed by atoms with Crippen molar-refractivity contribution >= 4 is 5.91 Å². The standard InChI is InChI=1S/C17H21N3O3/c1-2-3-9-16(21)19(13-10-11-13)12-15-17(22)23-18-20(15)14-7-5-4-6-8-14/h4-8,13H,2-3,9-12H2,1H3. The number of carbonyl (C=O) groups excluding carboxylic acids is 1. The maximum Gasteiger partial charge on any atom is 0.259 e. The van der Waals surface area contributed by atoms with E-state index in [1.54, 1.807) is 0 Å². The van der Waals surface area contributed by atoms with Crippen LogP contribution >= 0.6 is 0 Å². The molecule has 0 unspecified atom stereocenters. The zero-order valence-electron chi connectivity index (χ0n) is 13.3. The number of amides is 1. The molecule has 3 rings (SSSR count). The van der Waals surface area contributed by atoms with Crippen LogP contribution in [0.5, 0.6) is 5.95 Å². The van der Waals surface area contributed by atoms with Crippen LogP contribution in [0.25, 0.3) is 5.69 Å². The van der Waals surface area contributed by atoms with E-state index in [1.165, 1.54) is 4.68 Å². The van der Waals surface area contributed by atoms with Crippen LogP contribution in [-0.2, 0) is 11.3 Å². The van der Waals surface area contributed by atoms with Gasteiger partial charge in [0.05, 0.1) is 5.27 Å². The highest BCUT2D eigenvalue weighted by Gasteiger charge is 2.35.